The Hall–Kier alpha value is -4.57. The van der Waals surface area contributed by atoms with Gasteiger partial charge in [-0.25, -0.2) is 0 Å². The van der Waals surface area contributed by atoms with Gasteiger partial charge in [0.05, 0.1) is 27.9 Å². The number of carbonyl (C=O) groups is 3. The van der Waals surface area contributed by atoms with Crippen LogP contribution in [0, 0.1) is 22.7 Å². The number of azo groups is 1. The Labute approximate surface area is 197 Å². The van der Waals surface area contributed by atoms with Gasteiger partial charge in [-0.05, 0) is 45.0 Å². The van der Waals surface area contributed by atoms with Crippen LogP contribution in [0.3, 0.4) is 0 Å². The maximum atomic E-state index is 12.5. The van der Waals surface area contributed by atoms with Gasteiger partial charge >= 0.3 is 0 Å². The maximum Gasteiger partial charge on any atom is 0.262 e. The van der Waals surface area contributed by atoms with Gasteiger partial charge in [0, 0.05) is 32.2 Å². The van der Waals surface area contributed by atoms with Gasteiger partial charge in [-0.2, -0.15) is 10.5 Å². The zero-order valence-electron chi connectivity index (χ0n) is 19.5. The number of carbonyl (C=O) groups excluding carboxylic acids is 3. The van der Waals surface area contributed by atoms with Crippen molar-refractivity contribution in [1.29, 1.82) is 10.5 Å². The summed E-state index contributed by atoms with van der Waals surface area (Å²) in [6.07, 6.45) is 0. The molecule has 1 heterocycles. The lowest BCUT2D eigenvalue weighted by atomic mass is 9.97. The molecule has 172 valence electrons. The summed E-state index contributed by atoms with van der Waals surface area (Å²) in [5.74, 6) is -1.54. The molecule has 1 aliphatic rings. The van der Waals surface area contributed by atoms with Gasteiger partial charge in [-0.1, -0.05) is 0 Å². The smallest absolute Gasteiger partial charge is 0.262 e. The quantitative estimate of drug-likeness (QED) is 0.507. The first-order valence-electron chi connectivity index (χ1n) is 10.6. The molecule has 0 atom stereocenters. The minimum Gasteiger partial charge on any atom is -0.369 e. The first-order chi connectivity index (χ1) is 16.1. The minimum absolute atomic E-state index is 0.0174. The molecule has 0 saturated carbocycles. The largest absolute Gasteiger partial charge is 0.369 e. The molecule has 0 unspecified atom stereocenters. The molecule has 1 N–H and O–H groups in total. The highest BCUT2D eigenvalue weighted by atomic mass is 16.2. The third kappa shape index (κ3) is 4.21. The van der Waals surface area contributed by atoms with Crippen molar-refractivity contribution in [2.24, 2.45) is 10.2 Å². The van der Waals surface area contributed by atoms with Crippen LogP contribution in [0.2, 0.25) is 0 Å². The van der Waals surface area contributed by atoms with Crippen molar-refractivity contribution >= 4 is 40.5 Å². The molecule has 10 heteroatoms. The average molecular weight is 457 g/mol. The molecular formula is C24H23N7O3. The Balaban J connectivity index is 2.15. The number of hydrogen-bond acceptors (Lipinski definition) is 8. The minimum atomic E-state index is -0.644. The molecule has 0 fully saturated rings. The van der Waals surface area contributed by atoms with Crippen LogP contribution < -0.4 is 10.2 Å². The Morgan fingerprint density at radius 2 is 1.85 bits per heavy atom. The normalized spacial score (nSPS) is 12.6. The summed E-state index contributed by atoms with van der Waals surface area (Å²) in [4.78, 5) is 39.7. The van der Waals surface area contributed by atoms with Crippen LogP contribution in [0.1, 0.15) is 59.5 Å². The molecule has 0 bridgehead atoms. The van der Waals surface area contributed by atoms with Gasteiger partial charge in [-0.15, -0.1) is 10.2 Å². The lowest BCUT2D eigenvalue weighted by Crippen LogP contribution is -2.30. The second-order valence-corrected chi connectivity index (χ2v) is 7.93. The second kappa shape index (κ2) is 9.51. The van der Waals surface area contributed by atoms with E-state index in [4.69, 9.17) is 0 Å². The average Bonchev–Trinajstić information content (AvgIpc) is 3.01. The molecule has 34 heavy (non-hydrogen) atoms. The van der Waals surface area contributed by atoms with Crippen molar-refractivity contribution in [3.8, 4) is 12.1 Å². The topological polar surface area (TPSA) is 142 Å². The van der Waals surface area contributed by atoms with Crippen molar-refractivity contribution in [2.45, 2.75) is 33.7 Å². The molecule has 2 aromatic rings. The summed E-state index contributed by atoms with van der Waals surface area (Å²) in [6.45, 7) is 8.26. The summed E-state index contributed by atoms with van der Waals surface area (Å²) in [6, 6.07) is 10.5. The predicted molar refractivity (Wildman–Crippen MR) is 125 cm³/mol. The van der Waals surface area contributed by atoms with E-state index in [9.17, 15) is 24.9 Å². The third-order valence-corrected chi connectivity index (χ3v) is 5.43. The van der Waals surface area contributed by atoms with Crippen LogP contribution in [0.25, 0.3) is 0 Å². The van der Waals surface area contributed by atoms with E-state index in [1.807, 2.05) is 25.1 Å². The van der Waals surface area contributed by atoms with E-state index >= 15 is 0 Å². The van der Waals surface area contributed by atoms with Crippen LogP contribution >= 0.6 is 0 Å². The van der Waals surface area contributed by atoms with Crippen molar-refractivity contribution in [3.05, 3.63) is 46.5 Å². The van der Waals surface area contributed by atoms with E-state index in [1.54, 1.807) is 12.1 Å². The Bertz CT molecular complexity index is 1320. The zero-order valence-corrected chi connectivity index (χ0v) is 19.5. The number of rotatable bonds is 6. The number of hydrogen-bond donors (Lipinski definition) is 1. The predicted octanol–water partition coefficient (Wildman–Crippen LogP) is 4.26. The second-order valence-electron chi connectivity index (χ2n) is 7.93. The first-order valence-corrected chi connectivity index (χ1v) is 10.6. The molecular weight excluding hydrogens is 434 g/mol. The van der Waals surface area contributed by atoms with Gasteiger partial charge in [0.25, 0.3) is 11.8 Å². The summed E-state index contributed by atoms with van der Waals surface area (Å²) in [5, 5.41) is 30.4. The van der Waals surface area contributed by atoms with Crippen LogP contribution in [-0.4, -0.2) is 42.3 Å². The number of benzene rings is 2. The number of nitriles is 2. The van der Waals surface area contributed by atoms with Crippen molar-refractivity contribution < 1.29 is 14.4 Å². The zero-order chi connectivity index (χ0) is 25.2. The third-order valence-electron chi connectivity index (χ3n) is 5.43. The fraction of sp³-hybridized carbons (Fsp3) is 0.292. The van der Waals surface area contributed by atoms with Crippen molar-refractivity contribution in [2.75, 3.05) is 23.8 Å². The summed E-state index contributed by atoms with van der Waals surface area (Å²) in [7, 11) is 1.30. The van der Waals surface area contributed by atoms with Gasteiger partial charge in [-0.3, -0.25) is 19.3 Å². The Kier molecular flexibility index (Phi) is 6.73. The molecule has 0 aromatic heterocycles. The number of amides is 3. The van der Waals surface area contributed by atoms with E-state index in [0.29, 0.717) is 11.4 Å². The van der Waals surface area contributed by atoms with Crippen LogP contribution in [-0.2, 0) is 4.79 Å². The Morgan fingerprint density at radius 3 is 2.41 bits per heavy atom. The fourth-order valence-electron chi connectivity index (χ4n) is 3.83. The number of imide groups is 1. The number of nitrogens with zero attached hydrogens (tertiary/aromatic N) is 6. The van der Waals surface area contributed by atoms with Gasteiger partial charge in [0.1, 0.15) is 23.5 Å². The highest BCUT2D eigenvalue weighted by Crippen LogP contribution is 2.37. The van der Waals surface area contributed by atoms with E-state index in [2.05, 4.69) is 34.3 Å². The number of fused-ring (bicyclic) bond motifs is 1. The fourth-order valence-corrected chi connectivity index (χ4v) is 3.83. The SMILES string of the molecule is CCN(c1ccc(N=Nc2c(C#N)cc3c(c2C#N)C(=O)N(C)C3=O)c(NC(C)=O)c1)C(C)C. The van der Waals surface area contributed by atoms with Crippen molar-refractivity contribution in [3.63, 3.8) is 0 Å². The highest BCUT2D eigenvalue weighted by Gasteiger charge is 2.37. The molecule has 3 amide bonds. The van der Waals surface area contributed by atoms with Crippen LogP contribution in [0.5, 0.6) is 0 Å². The first kappa shape index (κ1) is 24.1. The van der Waals surface area contributed by atoms with Gasteiger partial charge < -0.3 is 10.2 Å². The van der Waals surface area contributed by atoms with E-state index in [0.717, 1.165) is 17.1 Å². The lowest BCUT2D eigenvalue weighted by Gasteiger charge is -2.28. The summed E-state index contributed by atoms with van der Waals surface area (Å²) >= 11 is 0. The molecule has 0 radical (unpaired) electrons. The van der Waals surface area contributed by atoms with Gasteiger partial charge in [0.2, 0.25) is 5.91 Å². The van der Waals surface area contributed by atoms with E-state index in [1.165, 1.54) is 20.0 Å². The molecule has 3 rings (SSSR count). The molecule has 0 saturated heterocycles. The van der Waals surface area contributed by atoms with Crippen molar-refractivity contribution in [1.82, 2.24) is 4.90 Å². The number of nitrogens with one attached hydrogen (secondary N) is 1. The molecule has 1 aliphatic heterocycles. The standard InChI is InChI=1S/C24H23N7O3/c1-6-31(13(2)3)16-7-8-19(20(10-16)27-14(4)32)28-29-22-15(11-25)9-17-21(18(22)12-26)24(34)30(5)23(17)33/h7-10,13H,6H2,1-5H3,(H,27,32). The molecule has 0 aliphatic carbocycles. The summed E-state index contributed by atoms with van der Waals surface area (Å²) < 4.78 is 0. The Morgan fingerprint density at radius 1 is 1.15 bits per heavy atom. The van der Waals surface area contributed by atoms with Crippen LogP contribution in [0.15, 0.2) is 34.5 Å². The molecule has 2 aromatic carbocycles. The lowest BCUT2D eigenvalue weighted by molar-refractivity contribution is -0.114. The maximum absolute atomic E-state index is 12.5. The monoisotopic (exact) mass is 457 g/mol. The molecule has 0 spiro atoms. The van der Waals surface area contributed by atoms with Crippen LogP contribution in [0.4, 0.5) is 22.7 Å². The van der Waals surface area contributed by atoms with E-state index in [-0.39, 0.29) is 39.9 Å². The molecule has 10 nitrogen and oxygen atoms in total. The van der Waals surface area contributed by atoms with E-state index < -0.39 is 11.8 Å². The summed E-state index contributed by atoms with van der Waals surface area (Å²) in [5.41, 5.74) is 1.08. The highest BCUT2D eigenvalue weighted by molar-refractivity contribution is 6.23. The number of anilines is 2. The van der Waals surface area contributed by atoms with Gasteiger partial charge in [0.15, 0.2) is 0 Å².